The van der Waals surface area contributed by atoms with E-state index in [-0.39, 0.29) is 11.9 Å². The second-order valence-corrected chi connectivity index (χ2v) is 4.46. The lowest BCUT2D eigenvalue weighted by Crippen LogP contribution is -2.24. The summed E-state index contributed by atoms with van der Waals surface area (Å²) in [5.74, 6) is -0.0758. The number of rotatable bonds is 7. The van der Waals surface area contributed by atoms with Crippen molar-refractivity contribution >= 4 is 0 Å². The molecule has 1 aliphatic carbocycles. The fraction of sp³-hybridized carbons (Fsp3) is 0.571. The SMILES string of the molecule is COCCOCCNC1CCc2c(F)cccc21. The molecule has 1 N–H and O–H groups in total. The van der Waals surface area contributed by atoms with E-state index < -0.39 is 0 Å². The third-order valence-corrected chi connectivity index (χ3v) is 3.28. The normalized spacial score (nSPS) is 18.0. The van der Waals surface area contributed by atoms with Crippen LogP contribution in [-0.4, -0.2) is 33.5 Å². The summed E-state index contributed by atoms with van der Waals surface area (Å²) in [4.78, 5) is 0. The molecule has 1 aliphatic rings. The maximum Gasteiger partial charge on any atom is 0.126 e. The van der Waals surface area contributed by atoms with Gasteiger partial charge in [0, 0.05) is 19.7 Å². The fourth-order valence-electron chi connectivity index (χ4n) is 2.37. The minimum atomic E-state index is -0.0758. The number of benzene rings is 1. The van der Waals surface area contributed by atoms with Crippen molar-refractivity contribution in [2.75, 3.05) is 33.5 Å². The minimum absolute atomic E-state index is 0.0758. The monoisotopic (exact) mass is 253 g/mol. The van der Waals surface area contributed by atoms with Gasteiger partial charge in [-0.25, -0.2) is 4.39 Å². The highest BCUT2D eigenvalue weighted by molar-refractivity contribution is 5.35. The van der Waals surface area contributed by atoms with Crippen LogP contribution in [0.25, 0.3) is 0 Å². The van der Waals surface area contributed by atoms with Gasteiger partial charge < -0.3 is 14.8 Å². The van der Waals surface area contributed by atoms with Gasteiger partial charge in [0.05, 0.1) is 19.8 Å². The molecular formula is C14H20FNO2. The van der Waals surface area contributed by atoms with Crippen molar-refractivity contribution in [3.8, 4) is 0 Å². The highest BCUT2D eigenvalue weighted by atomic mass is 19.1. The van der Waals surface area contributed by atoms with Crippen LogP contribution in [0.3, 0.4) is 0 Å². The molecule has 4 heteroatoms. The Hall–Kier alpha value is -0.970. The predicted molar refractivity (Wildman–Crippen MR) is 68.2 cm³/mol. The topological polar surface area (TPSA) is 30.5 Å². The van der Waals surface area contributed by atoms with E-state index in [1.165, 1.54) is 6.07 Å². The molecule has 0 bridgehead atoms. The molecule has 0 saturated carbocycles. The second-order valence-electron chi connectivity index (χ2n) is 4.46. The number of ether oxygens (including phenoxy) is 2. The first kappa shape index (κ1) is 13.5. The Labute approximate surface area is 107 Å². The van der Waals surface area contributed by atoms with E-state index >= 15 is 0 Å². The van der Waals surface area contributed by atoms with Crippen molar-refractivity contribution in [1.82, 2.24) is 5.32 Å². The molecule has 100 valence electrons. The van der Waals surface area contributed by atoms with Gasteiger partial charge in [-0.3, -0.25) is 0 Å². The smallest absolute Gasteiger partial charge is 0.126 e. The fourth-order valence-corrected chi connectivity index (χ4v) is 2.37. The van der Waals surface area contributed by atoms with Gasteiger partial charge in [-0.2, -0.15) is 0 Å². The molecule has 0 amide bonds. The van der Waals surface area contributed by atoms with Crippen molar-refractivity contribution < 1.29 is 13.9 Å². The Balaban J connectivity index is 1.75. The molecule has 3 nitrogen and oxygen atoms in total. The molecular weight excluding hydrogens is 233 g/mol. The molecule has 0 radical (unpaired) electrons. The third-order valence-electron chi connectivity index (χ3n) is 3.28. The van der Waals surface area contributed by atoms with Crippen molar-refractivity contribution in [2.24, 2.45) is 0 Å². The molecule has 0 spiro atoms. The Kier molecular flexibility index (Phi) is 5.11. The first-order valence-electron chi connectivity index (χ1n) is 6.40. The summed E-state index contributed by atoms with van der Waals surface area (Å²) >= 11 is 0. The molecule has 0 aliphatic heterocycles. The maximum absolute atomic E-state index is 13.5. The second kappa shape index (κ2) is 6.83. The van der Waals surface area contributed by atoms with Gasteiger partial charge in [-0.1, -0.05) is 12.1 Å². The highest BCUT2D eigenvalue weighted by Crippen LogP contribution is 2.32. The summed E-state index contributed by atoms with van der Waals surface area (Å²) in [6.45, 7) is 2.68. The van der Waals surface area contributed by atoms with Crippen LogP contribution in [0, 0.1) is 5.82 Å². The number of hydrogen-bond acceptors (Lipinski definition) is 3. The van der Waals surface area contributed by atoms with Crippen molar-refractivity contribution in [1.29, 1.82) is 0 Å². The van der Waals surface area contributed by atoms with Crippen LogP contribution in [0.2, 0.25) is 0 Å². The van der Waals surface area contributed by atoms with E-state index in [2.05, 4.69) is 5.32 Å². The standard InChI is InChI=1S/C14H20FNO2/c1-17-9-10-18-8-7-16-14-6-5-11-12(14)3-2-4-13(11)15/h2-4,14,16H,5-10H2,1H3. The van der Waals surface area contributed by atoms with Gasteiger partial charge in [-0.05, 0) is 30.0 Å². The summed E-state index contributed by atoms with van der Waals surface area (Å²) in [5, 5.41) is 3.41. The number of hydrogen-bond donors (Lipinski definition) is 1. The van der Waals surface area contributed by atoms with Gasteiger partial charge in [0.2, 0.25) is 0 Å². The molecule has 0 aromatic heterocycles. The van der Waals surface area contributed by atoms with Crippen LogP contribution in [-0.2, 0) is 15.9 Å². The first-order chi connectivity index (χ1) is 8.83. The summed E-state index contributed by atoms with van der Waals surface area (Å²) in [6, 6.07) is 5.59. The highest BCUT2D eigenvalue weighted by Gasteiger charge is 2.23. The van der Waals surface area contributed by atoms with Crippen LogP contribution in [0.4, 0.5) is 4.39 Å². The van der Waals surface area contributed by atoms with E-state index in [0.717, 1.165) is 30.5 Å². The lowest BCUT2D eigenvalue weighted by molar-refractivity contribution is 0.0710. The van der Waals surface area contributed by atoms with Crippen LogP contribution < -0.4 is 5.32 Å². The van der Waals surface area contributed by atoms with Gasteiger partial charge in [-0.15, -0.1) is 0 Å². The molecule has 1 unspecified atom stereocenters. The van der Waals surface area contributed by atoms with Gasteiger partial charge in [0.1, 0.15) is 5.82 Å². The Morgan fingerprint density at radius 2 is 2.22 bits per heavy atom. The first-order valence-corrected chi connectivity index (χ1v) is 6.40. The van der Waals surface area contributed by atoms with Gasteiger partial charge in [0.15, 0.2) is 0 Å². The zero-order chi connectivity index (χ0) is 12.8. The third kappa shape index (κ3) is 3.28. The quantitative estimate of drug-likeness (QED) is 0.755. The number of fused-ring (bicyclic) bond motifs is 1. The van der Waals surface area contributed by atoms with Crippen molar-refractivity contribution in [3.05, 3.63) is 35.1 Å². The van der Waals surface area contributed by atoms with E-state index in [1.54, 1.807) is 13.2 Å². The Bertz CT molecular complexity index is 384. The molecule has 2 rings (SSSR count). The average Bonchev–Trinajstić information content (AvgIpc) is 2.79. The van der Waals surface area contributed by atoms with E-state index in [9.17, 15) is 4.39 Å². The van der Waals surface area contributed by atoms with Crippen molar-refractivity contribution in [2.45, 2.75) is 18.9 Å². The molecule has 0 fully saturated rings. The maximum atomic E-state index is 13.5. The lowest BCUT2D eigenvalue weighted by Gasteiger charge is -2.14. The molecule has 18 heavy (non-hydrogen) atoms. The minimum Gasteiger partial charge on any atom is -0.382 e. The molecule has 1 aromatic rings. The molecule has 0 saturated heterocycles. The predicted octanol–water partition coefficient (Wildman–Crippen LogP) is 2.07. The van der Waals surface area contributed by atoms with Crippen LogP contribution in [0.1, 0.15) is 23.6 Å². The largest absolute Gasteiger partial charge is 0.382 e. The van der Waals surface area contributed by atoms with Crippen LogP contribution >= 0.6 is 0 Å². The van der Waals surface area contributed by atoms with E-state index in [4.69, 9.17) is 9.47 Å². The lowest BCUT2D eigenvalue weighted by atomic mass is 10.1. The average molecular weight is 253 g/mol. The van der Waals surface area contributed by atoms with Gasteiger partial charge in [0.25, 0.3) is 0 Å². The van der Waals surface area contributed by atoms with E-state index in [0.29, 0.717) is 19.8 Å². The van der Waals surface area contributed by atoms with E-state index in [1.807, 2.05) is 6.07 Å². The Morgan fingerprint density at radius 1 is 1.33 bits per heavy atom. The zero-order valence-electron chi connectivity index (χ0n) is 10.7. The number of halogens is 1. The summed E-state index contributed by atoms with van der Waals surface area (Å²) in [5.41, 5.74) is 1.97. The number of nitrogens with one attached hydrogen (secondary N) is 1. The van der Waals surface area contributed by atoms with Gasteiger partial charge >= 0.3 is 0 Å². The summed E-state index contributed by atoms with van der Waals surface area (Å²) < 4.78 is 23.8. The zero-order valence-corrected chi connectivity index (χ0v) is 10.7. The van der Waals surface area contributed by atoms with Crippen LogP contribution in [0.5, 0.6) is 0 Å². The molecule has 0 heterocycles. The van der Waals surface area contributed by atoms with Crippen LogP contribution in [0.15, 0.2) is 18.2 Å². The number of methoxy groups -OCH3 is 1. The molecule has 1 atom stereocenters. The summed E-state index contributed by atoms with van der Waals surface area (Å²) in [6.07, 6.45) is 1.79. The molecule has 1 aromatic carbocycles. The van der Waals surface area contributed by atoms with Crippen molar-refractivity contribution in [3.63, 3.8) is 0 Å². The summed E-state index contributed by atoms with van der Waals surface area (Å²) in [7, 11) is 1.66. The Morgan fingerprint density at radius 3 is 3.06 bits per heavy atom.